The lowest BCUT2D eigenvalue weighted by Gasteiger charge is -2.30. The number of carboxylic acids is 1. The molecule has 1 saturated heterocycles. The van der Waals surface area contributed by atoms with Crippen molar-refractivity contribution in [1.29, 1.82) is 0 Å². The minimum absolute atomic E-state index is 0.103. The number of nitrogens with zero attached hydrogens (tertiary/aromatic N) is 2. The maximum atomic E-state index is 11.0. The zero-order valence-electron chi connectivity index (χ0n) is 9.50. The summed E-state index contributed by atoms with van der Waals surface area (Å²) in [7, 11) is 0. The lowest BCUT2D eigenvalue weighted by Crippen LogP contribution is -2.38. The van der Waals surface area contributed by atoms with Gasteiger partial charge in [-0.1, -0.05) is 12.1 Å². The van der Waals surface area contributed by atoms with Crippen molar-refractivity contribution in [2.45, 2.75) is 0 Å². The van der Waals surface area contributed by atoms with Gasteiger partial charge in [0.25, 0.3) is 5.69 Å². The van der Waals surface area contributed by atoms with Crippen LogP contribution in [0.2, 0.25) is 0 Å². The third-order valence-electron chi connectivity index (χ3n) is 2.76. The smallest absolute Gasteiger partial charge is 0.293 e. The second kappa shape index (κ2) is 5.01. The largest absolute Gasteiger partial charge is 0.545 e. The van der Waals surface area contributed by atoms with E-state index in [9.17, 15) is 20.0 Å². The topological polar surface area (TPSA) is 95.7 Å². The molecule has 0 radical (unpaired) electrons. The van der Waals surface area contributed by atoms with E-state index in [-0.39, 0.29) is 16.9 Å². The van der Waals surface area contributed by atoms with Crippen LogP contribution in [0.4, 0.5) is 11.4 Å². The first-order chi connectivity index (χ1) is 8.61. The zero-order valence-corrected chi connectivity index (χ0v) is 9.50. The molecule has 0 bridgehead atoms. The second-order valence-electron chi connectivity index (χ2n) is 3.82. The molecule has 1 aromatic carbocycles. The molecule has 96 valence electrons. The molecule has 0 N–H and O–H groups in total. The average Bonchev–Trinajstić information content (AvgIpc) is 2.38. The number of carbonyl (C=O) groups excluding carboxylic acids is 1. The van der Waals surface area contributed by atoms with Crippen LogP contribution < -0.4 is 10.0 Å². The first kappa shape index (κ1) is 12.3. The van der Waals surface area contributed by atoms with E-state index in [4.69, 9.17) is 4.74 Å². The number of hydrogen-bond donors (Lipinski definition) is 0. The van der Waals surface area contributed by atoms with Crippen molar-refractivity contribution in [3.8, 4) is 0 Å². The van der Waals surface area contributed by atoms with Gasteiger partial charge in [0, 0.05) is 24.7 Å². The average molecular weight is 251 g/mol. The minimum Gasteiger partial charge on any atom is -0.545 e. The number of nitro groups is 1. The predicted molar refractivity (Wildman–Crippen MR) is 60.5 cm³/mol. The predicted octanol–water partition coefficient (Wildman–Crippen LogP) is -0.205. The van der Waals surface area contributed by atoms with Gasteiger partial charge in [0.05, 0.1) is 24.1 Å². The summed E-state index contributed by atoms with van der Waals surface area (Å²) in [6, 6.07) is 3.94. The summed E-state index contributed by atoms with van der Waals surface area (Å²) in [4.78, 5) is 23.1. The summed E-state index contributed by atoms with van der Waals surface area (Å²) in [5.41, 5.74) is -0.282. The van der Waals surface area contributed by atoms with Crippen molar-refractivity contribution in [3.63, 3.8) is 0 Å². The van der Waals surface area contributed by atoms with E-state index < -0.39 is 10.9 Å². The Morgan fingerprint density at radius 1 is 1.33 bits per heavy atom. The number of rotatable bonds is 3. The Hall–Kier alpha value is -2.15. The number of benzene rings is 1. The molecule has 0 unspecified atom stereocenters. The third kappa shape index (κ3) is 2.25. The van der Waals surface area contributed by atoms with Gasteiger partial charge in [-0.3, -0.25) is 10.1 Å². The summed E-state index contributed by atoms with van der Waals surface area (Å²) in [5, 5.41) is 22.0. The van der Waals surface area contributed by atoms with Crippen LogP contribution in [0.5, 0.6) is 0 Å². The molecule has 0 aromatic heterocycles. The zero-order chi connectivity index (χ0) is 13.1. The molecule has 1 aliphatic rings. The Morgan fingerprint density at radius 3 is 2.56 bits per heavy atom. The van der Waals surface area contributed by atoms with E-state index in [0.29, 0.717) is 26.3 Å². The van der Waals surface area contributed by atoms with Crippen molar-refractivity contribution >= 4 is 17.3 Å². The monoisotopic (exact) mass is 251 g/mol. The number of carboxylic acid groups (broad SMARTS) is 1. The lowest BCUT2D eigenvalue weighted by molar-refractivity contribution is -0.384. The highest BCUT2D eigenvalue weighted by molar-refractivity contribution is 5.96. The standard InChI is InChI=1S/C11H12N2O5/c14-11(15)8-2-1-3-9(13(16)17)10(8)12-4-6-18-7-5-12/h1-3H,4-7H2,(H,14,15)/p-1. The minimum atomic E-state index is -1.42. The molecular formula is C11H11N2O5-. The van der Waals surface area contributed by atoms with Gasteiger partial charge in [0.1, 0.15) is 5.69 Å². The molecule has 18 heavy (non-hydrogen) atoms. The number of hydrogen-bond acceptors (Lipinski definition) is 6. The Kier molecular flexibility index (Phi) is 3.42. The van der Waals surface area contributed by atoms with Crippen LogP contribution in [0.1, 0.15) is 10.4 Å². The second-order valence-corrected chi connectivity index (χ2v) is 3.82. The normalized spacial score (nSPS) is 15.4. The molecule has 1 aliphatic heterocycles. The Balaban J connectivity index is 2.52. The summed E-state index contributed by atoms with van der Waals surface area (Å²) < 4.78 is 5.15. The number of para-hydroxylation sites is 1. The Labute approximate surface area is 103 Å². The van der Waals surface area contributed by atoms with Crippen molar-refractivity contribution < 1.29 is 19.6 Å². The molecule has 0 saturated carbocycles. The van der Waals surface area contributed by atoms with Gasteiger partial charge in [-0.05, 0) is 0 Å². The van der Waals surface area contributed by atoms with Crippen molar-refractivity contribution in [3.05, 3.63) is 33.9 Å². The molecule has 0 atom stereocenters. The summed E-state index contributed by atoms with van der Waals surface area (Å²) in [6.07, 6.45) is 0. The van der Waals surface area contributed by atoms with Gasteiger partial charge in [-0.15, -0.1) is 0 Å². The number of carbonyl (C=O) groups is 1. The molecule has 1 heterocycles. The highest BCUT2D eigenvalue weighted by Crippen LogP contribution is 2.32. The van der Waals surface area contributed by atoms with Gasteiger partial charge in [0.2, 0.25) is 0 Å². The SMILES string of the molecule is O=C([O-])c1cccc([N+](=O)[O-])c1N1CCOCC1. The fraction of sp³-hybridized carbons (Fsp3) is 0.364. The molecular weight excluding hydrogens is 240 g/mol. The highest BCUT2D eigenvalue weighted by Gasteiger charge is 2.24. The first-order valence-corrected chi connectivity index (χ1v) is 5.42. The molecule has 0 aliphatic carbocycles. The van der Waals surface area contributed by atoms with E-state index >= 15 is 0 Å². The third-order valence-corrected chi connectivity index (χ3v) is 2.76. The van der Waals surface area contributed by atoms with E-state index in [1.807, 2.05) is 0 Å². The van der Waals surface area contributed by atoms with Crippen molar-refractivity contribution in [2.24, 2.45) is 0 Å². The number of nitro benzene ring substituents is 1. The molecule has 2 rings (SSSR count). The molecule has 7 heteroatoms. The van der Waals surface area contributed by atoms with Crippen LogP contribution in [-0.2, 0) is 4.74 Å². The van der Waals surface area contributed by atoms with Crippen molar-refractivity contribution in [1.82, 2.24) is 0 Å². The Bertz CT molecular complexity index is 450. The van der Waals surface area contributed by atoms with E-state index in [1.165, 1.54) is 18.2 Å². The lowest BCUT2D eigenvalue weighted by atomic mass is 10.1. The van der Waals surface area contributed by atoms with Gasteiger partial charge < -0.3 is 19.5 Å². The summed E-state index contributed by atoms with van der Waals surface area (Å²) in [6.45, 7) is 1.67. The number of morpholine rings is 1. The van der Waals surface area contributed by atoms with Crippen LogP contribution in [0, 0.1) is 10.1 Å². The number of anilines is 1. The maximum absolute atomic E-state index is 11.0. The molecule has 7 nitrogen and oxygen atoms in total. The molecule has 1 fully saturated rings. The fourth-order valence-electron chi connectivity index (χ4n) is 1.96. The van der Waals surface area contributed by atoms with E-state index in [0.717, 1.165) is 0 Å². The van der Waals surface area contributed by atoms with E-state index in [1.54, 1.807) is 4.90 Å². The van der Waals surface area contributed by atoms with Gasteiger partial charge in [0.15, 0.2) is 0 Å². The van der Waals surface area contributed by atoms with Gasteiger partial charge in [-0.2, -0.15) is 0 Å². The molecule has 0 amide bonds. The van der Waals surface area contributed by atoms with E-state index in [2.05, 4.69) is 0 Å². The number of aromatic carboxylic acids is 1. The van der Waals surface area contributed by atoms with Crippen molar-refractivity contribution in [2.75, 3.05) is 31.2 Å². The molecule has 0 spiro atoms. The summed E-state index contributed by atoms with van der Waals surface area (Å²) in [5.74, 6) is -1.42. The van der Waals surface area contributed by atoms with Crippen LogP contribution in [0.15, 0.2) is 18.2 Å². The first-order valence-electron chi connectivity index (χ1n) is 5.42. The maximum Gasteiger partial charge on any atom is 0.293 e. The highest BCUT2D eigenvalue weighted by atomic mass is 16.6. The fourth-order valence-corrected chi connectivity index (χ4v) is 1.96. The molecule has 1 aromatic rings. The summed E-state index contributed by atoms with van der Waals surface area (Å²) >= 11 is 0. The van der Waals surface area contributed by atoms with Crippen LogP contribution >= 0.6 is 0 Å². The van der Waals surface area contributed by atoms with Gasteiger partial charge in [-0.25, -0.2) is 0 Å². The quantitative estimate of drug-likeness (QED) is 0.545. The van der Waals surface area contributed by atoms with Crippen LogP contribution in [0.3, 0.4) is 0 Å². The van der Waals surface area contributed by atoms with Crippen LogP contribution in [0.25, 0.3) is 0 Å². The number of ether oxygens (including phenoxy) is 1. The van der Waals surface area contributed by atoms with Crippen LogP contribution in [-0.4, -0.2) is 37.2 Å². The Morgan fingerprint density at radius 2 is 2.00 bits per heavy atom. The van der Waals surface area contributed by atoms with Gasteiger partial charge >= 0.3 is 0 Å².